The van der Waals surface area contributed by atoms with Crippen LogP contribution in [-0.2, 0) is 25.4 Å². The molecule has 0 aliphatic carbocycles. The highest BCUT2D eigenvalue weighted by molar-refractivity contribution is 5.75. The first kappa shape index (κ1) is 36.0. The SMILES string of the molecule is COCCc1ccc(-c2c(C)nc3c(N4CCOCC4)ccnn23)cn1.Cc1nc2c(N3CCOCC3)nccn2c1-c1ccc(C2CCOCC2)nc1. The van der Waals surface area contributed by atoms with Crippen molar-refractivity contribution in [2.45, 2.75) is 39.0 Å². The summed E-state index contributed by atoms with van der Waals surface area (Å²) in [6.07, 6.45) is 12.5. The Hall–Kier alpha value is -5.02. The number of morpholine rings is 2. The molecule has 6 aromatic rings. The zero-order chi connectivity index (χ0) is 36.9. The predicted octanol–water partition coefficient (Wildman–Crippen LogP) is 4.96. The average Bonchev–Trinajstić information content (AvgIpc) is 3.76. The van der Waals surface area contributed by atoms with Crippen molar-refractivity contribution in [3.05, 3.63) is 84.1 Å². The lowest BCUT2D eigenvalue weighted by molar-refractivity contribution is 0.0845. The fraction of sp³-hybridized carbons (Fsp3) is 0.450. The van der Waals surface area contributed by atoms with Gasteiger partial charge in [0.2, 0.25) is 0 Å². The number of ether oxygens (including phenoxy) is 4. The van der Waals surface area contributed by atoms with E-state index in [2.05, 4.69) is 54.4 Å². The average molecular weight is 733 g/mol. The summed E-state index contributed by atoms with van der Waals surface area (Å²) in [4.78, 5) is 28.2. The Morgan fingerprint density at radius 1 is 0.704 bits per heavy atom. The van der Waals surface area contributed by atoms with Gasteiger partial charge in [0, 0.05) is 106 Å². The van der Waals surface area contributed by atoms with Gasteiger partial charge in [-0.25, -0.2) is 19.5 Å². The van der Waals surface area contributed by atoms with Gasteiger partial charge in [-0.05, 0) is 57.0 Å². The van der Waals surface area contributed by atoms with E-state index in [4.69, 9.17) is 33.9 Å². The molecule has 0 spiro atoms. The molecule has 9 rings (SSSR count). The second-order valence-corrected chi connectivity index (χ2v) is 13.8. The van der Waals surface area contributed by atoms with Crippen LogP contribution >= 0.6 is 0 Å². The summed E-state index contributed by atoms with van der Waals surface area (Å²) in [5.41, 5.74) is 11.2. The highest BCUT2D eigenvalue weighted by atomic mass is 16.5. The highest BCUT2D eigenvalue weighted by Gasteiger charge is 2.23. The van der Waals surface area contributed by atoms with Crippen molar-refractivity contribution in [1.29, 1.82) is 0 Å². The summed E-state index contributed by atoms with van der Waals surface area (Å²) >= 11 is 0. The Morgan fingerprint density at radius 3 is 2.07 bits per heavy atom. The third-order valence-electron chi connectivity index (χ3n) is 10.4. The van der Waals surface area contributed by atoms with E-state index < -0.39 is 0 Å². The van der Waals surface area contributed by atoms with E-state index in [1.165, 1.54) is 0 Å². The van der Waals surface area contributed by atoms with Crippen molar-refractivity contribution in [2.24, 2.45) is 0 Å². The van der Waals surface area contributed by atoms with E-state index in [0.717, 1.165) is 153 Å². The number of hydrogen-bond donors (Lipinski definition) is 0. The van der Waals surface area contributed by atoms with Crippen LogP contribution in [0.15, 0.2) is 61.3 Å². The number of hydrogen-bond acceptors (Lipinski definition) is 12. The molecule has 6 aromatic heterocycles. The van der Waals surface area contributed by atoms with E-state index in [0.29, 0.717) is 12.5 Å². The molecule has 0 aromatic carbocycles. The van der Waals surface area contributed by atoms with Gasteiger partial charge in [-0.15, -0.1) is 0 Å². The third-order valence-corrected chi connectivity index (χ3v) is 10.4. The topological polar surface area (TPSA) is 130 Å². The quantitative estimate of drug-likeness (QED) is 0.210. The largest absolute Gasteiger partial charge is 0.384 e. The lowest BCUT2D eigenvalue weighted by Crippen LogP contribution is -2.37. The number of rotatable bonds is 8. The fourth-order valence-electron chi connectivity index (χ4n) is 7.55. The number of fused-ring (bicyclic) bond motifs is 2. The third kappa shape index (κ3) is 7.51. The maximum Gasteiger partial charge on any atom is 0.181 e. The molecule has 282 valence electrons. The molecule has 3 saturated heterocycles. The number of aromatic nitrogens is 8. The molecular weight excluding hydrogens is 685 g/mol. The second kappa shape index (κ2) is 16.6. The Kier molecular flexibility index (Phi) is 11.0. The number of anilines is 2. The fourth-order valence-corrected chi connectivity index (χ4v) is 7.55. The molecule has 0 amide bonds. The number of nitrogens with zero attached hydrogens (tertiary/aromatic N) is 10. The predicted molar refractivity (Wildman–Crippen MR) is 206 cm³/mol. The summed E-state index contributed by atoms with van der Waals surface area (Å²) in [6, 6.07) is 10.5. The molecule has 0 bridgehead atoms. The Balaban J connectivity index is 0.000000154. The first-order chi connectivity index (χ1) is 26.6. The van der Waals surface area contributed by atoms with Gasteiger partial charge < -0.3 is 28.7 Å². The van der Waals surface area contributed by atoms with Gasteiger partial charge in [-0.2, -0.15) is 5.10 Å². The van der Waals surface area contributed by atoms with Crippen molar-refractivity contribution < 1.29 is 18.9 Å². The minimum absolute atomic E-state index is 0.503. The normalized spacial score (nSPS) is 16.9. The van der Waals surface area contributed by atoms with Gasteiger partial charge >= 0.3 is 0 Å². The first-order valence-corrected chi connectivity index (χ1v) is 18.9. The monoisotopic (exact) mass is 732 g/mol. The summed E-state index contributed by atoms with van der Waals surface area (Å²) in [7, 11) is 1.70. The summed E-state index contributed by atoms with van der Waals surface area (Å²) in [6.45, 7) is 12.8. The standard InChI is InChI=1S/C21H25N5O2.C19H23N5O2/c1-15-19(17-2-3-18(23-14-17)16-4-10-27-11-5-16)26-7-6-22-20(21(26)24-15)25-8-12-28-13-9-25;1-14-18(15-3-4-16(20-13-15)6-10-25-2)24-19(22-14)17(5-7-21-24)23-8-11-26-12-9-23/h2-3,6-7,14,16H,4-5,8-13H2,1H3;3-5,7,13H,6,8-12H2,1-2H3. The summed E-state index contributed by atoms with van der Waals surface area (Å²) in [5, 5.41) is 4.55. The van der Waals surface area contributed by atoms with Crippen molar-refractivity contribution in [1.82, 2.24) is 38.9 Å². The zero-order valence-electron chi connectivity index (χ0n) is 31.4. The molecular formula is C40H48N10O4. The van der Waals surface area contributed by atoms with Crippen molar-refractivity contribution in [3.8, 4) is 22.5 Å². The minimum Gasteiger partial charge on any atom is -0.384 e. The molecule has 0 radical (unpaired) electrons. The van der Waals surface area contributed by atoms with Crippen LogP contribution in [0.2, 0.25) is 0 Å². The molecule has 3 aliphatic heterocycles. The van der Waals surface area contributed by atoms with E-state index in [-0.39, 0.29) is 0 Å². The zero-order valence-corrected chi connectivity index (χ0v) is 31.4. The molecule has 54 heavy (non-hydrogen) atoms. The first-order valence-electron chi connectivity index (χ1n) is 18.9. The van der Waals surface area contributed by atoms with Gasteiger partial charge in [0.05, 0.1) is 67.7 Å². The second-order valence-electron chi connectivity index (χ2n) is 13.8. The number of methoxy groups -OCH3 is 1. The van der Waals surface area contributed by atoms with Crippen LogP contribution in [0.3, 0.4) is 0 Å². The molecule has 9 heterocycles. The Bertz CT molecular complexity index is 2150. The summed E-state index contributed by atoms with van der Waals surface area (Å²) < 4.78 is 25.6. The maximum atomic E-state index is 5.48. The van der Waals surface area contributed by atoms with Crippen LogP contribution in [0.5, 0.6) is 0 Å². The van der Waals surface area contributed by atoms with Crippen LogP contribution < -0.4 is 9.80 Å². The molecule has 14 nitrogen and oxygen atoms in total. The molecule has 0 unspecified atom stereocenters. The molecule has 3 fully saturated rings. The smallest absolute Gasteiger partial charge is 0.181 e. The van der Waals surface area contributed by atoms with Crippen molar-refractivity contribution in [2.75, 3.05) is 89.3 Å². The Morgan fingerprint density at radius 2 is 1.37 bits per heavy atom. The van der Waals surface area contributed by atoms with E-state index in [1.54, 1.807) is 7.11 Å². The van der Waals surface area contributed by atoms with Gasteiger partial charge in [-0.3, -0.25) is 14.4 Å². The molecule has 0 N–H and O–H groups in total. The lowest BCUT2D eigenvalue weighted by atomic mass is 9.95. The van der Waals surface area contributed by atoms with Crippen LogP contribution in [0.4, 0.5) is 11.5 Å². The van der Waals surface area contributed by atoms with Crippen LogP contribution in [0.25, 0.3) is 33.8 Å². The van der Waals surface area contributed by atoms with Gasteiger partial charge in [-0.1, -0.05) is 0 Å². The lowest BCUT2D eigenvalue weighted by Gasteiger charge is -2.28. The maximum absolute atomic E-state index is 5.48. The van der Waals surface area contributed by atoms with E-state index >= 15 is 0 Å². The minimum atomic E-state index is 0.503. The van der Waals surface area contributed by atoms with Gasteiger partial charge in [0.25, 0.3) is 0 Å². The number of aryl methyl sites for hydroxylation is 2. The highest BCUT2D eigenvalue weighted by Crippen LogP contribution is 2.32. The molecule has 0 atom stereocenters. The van der Waals surface area contributed by atoms with E-state index in [9.17, 15) is 0 Å². The van der Waals surface area contributed by atoms with Crippen LogP contribution in [-0.4, -0.2) is 118 Å². The van der Waals surface area contributed by atoms with Crippen molar-refractivity contribution >= 4 is 22.8 Å². The Labute approximate surface area is 315 Å². The van der Waals surface area contributed by atoms with Gasteiger partial charge in [0.15, 0.2) is 17.1 Å². The van der Waals surface area contributed by atoms with E-state index in [1.807, 2.05) is 54.6 Å². The molecule has 0 saturated carbocycles. The van der Waals surface area contributed by atoms with Crippen LogP contribution in [0.1, 0.15) is 41.5 Å². The number of pyridine rings is 2. The van der Waals surface area contributed by atoms with Crippen LogP contribution in [0, 0.1) is 13.8 Å². The number of imidazole rings is 2. The molecule has 3 aliphatic rings. The summed E-state index contributed by atoms with van der Waals surface area (Å²) in [5.74, 6) is 1.43. The van der Waals surface area contributed by atoms with Crippen molar-refractivity contribution in [3.63, 3.8) is 0 Å². The molecule has 14 heteroatoms. The van der Waals surface area contributed by atoms with Gasteiger partial charge in [0.1, 0.15) is 0 Å².